The molecule has 2 aromatic carbocycles. The minimum atomic E-state index is -1.48. The van der Waals surface area contributed by atoms with Crippen LogP contribution in [0, 0.1) is 17.0 Å². The van der Waals surface area contributed by atoms with Gasteiger partial charge in [-0.05, 0) is 43.0 Å². The van der Waals surface area contributed by atoms with E-state index >= 15 is 0 Å². The predicted molar refractivity (Wildman–Crippen MR) is 103 cm³/mol. The summed E-state index contributed by atoms with van der Waals surface area (Å²) in [5.74, 6) is -2.88. The van der Waals surface area contributed by atoms with Crippen LogP contribution in [0.3, 0.4) is 0 Å². The average Bonchev–Trinajstić information content (AvgIpc) is 2.56. The van der Waals surface area contributed by atoms with Gasteiger partial charge in [0.15, 0.2) is 0 Å². The van der Waals surface area contributed by atoms with Gasteiger partial charge in [0.25, 0.3) is 0 Å². The molecular weight excluding hydrogens is 350 g/mol. The first kappa shape index (κ1) is 20.6. The smallest absolute Gasteiger partial charge is 0.239 e. The molecule has 0 unspecified atom stereocenters. The van der Waals surface area contributed by atoms with Gasteiger partial charge in [0.05, 0.1) is 5.69 Å². The van der Waals surface area contributed by atoms with Crippen molar-refractivity contribution in [2.75, 3.05) is 10.6 Å². The number of carbonyl (C=O) groups excluding carboxylic acids is 2. The van der Waals surface area contributed by atoms with Crippen molar-refractivity contribution in [2.24, 2.45) is 5.41 Å². The second-order valence-corrected chi connectivity index (χ2v) is 7.95. The summed E-state index contributed by atoms with van der Waals surface area (Å²) in [6.07, 6.45) is 0. The molecule has 2 amide bonds. The molecule has 0 aliphatic carbocycles. The molecule has 0 saturated carbocycles. The predicted octanol–water partition coefficient (Wildman–Crippen LogP) is 4.87. The zero-order valence-electron chi connectivity index (χ0n) is 16.1. The first-order valence-electron chi connectivity index (χ1n) is 8.60. The lowest BCUT2D eigenvalue weighted by atomic mass is 9.85. The number of rotatable bonds is 4. The van der Waals surface area contributed by atoms with Gasteiger partial charge in [0.2, 0.25) is 11.8 Å². The lowest BCUT2D eigenvalue weighted by Crippen LogP contribution is -2.42. The van der Waals surface area contributed by atoms with E-state index in [-0.39, 0.29) is 11.1 Å². The third-order valence-corrected chi connectivity index (χ3v) is 4.30. The fraction of sp³-hybridized carbons (Fsp3) is 0.333. The quantitative estimate of drug-likeness (QED) is 0.751. The third-order valence-electron chi connectivity index (χ3n) is 4.30. The molecule has 0 aliphatic heterocycles. The zero-order chi connectivity index (χ0) is 20.4. The average molecular weight is 374 g/mol. The largest absolute Gasteiger partial charge is 0.325 e. The Morgan fingerprint density at radius 3 is 1.93 bits per heavy atom. The number of hydrogen-bond donors (Lipinski definition) is 2. The number of halogens is 2. The topological polar surface area (TPSA) is 58.2 Å². The lowest BCUT2D eigenvalue weighted by Gasteiger charge is -2.26. The van der Waals surface area contributed by atoms with Gasteiger partial charge in [-0.15, -0.1) is 0 Å². The number of anilines is 2. The molecule has 27 heavy (non-hydrogen) atoms. The Morgan fingerprint density at radius 2 is 1.37 bits per heavy atom. The minimum Gasteiger partial charge on any atom is -0.325 e. The summed E-state index contributed by atoms with van der Waals surface area (Å²) in [5.41, 5.74) is -0.320. The number of hydrogen-bond acceptors (Lipinski definition) is 2. The highest BCUT2D eigenvalue weighted by Gasteiger charge is 2.37. The summed E-state index contributed by atoms with van der Waals surface area (Å²) >= 11 is 0. The molecule has 0 heterocycles. The molecule has 6 heteroatoms. The van der Waals surface area contributed by atoms with Gasteiger partial charge >= 0.3 is 0 Å². The van der Waals surface area contributed by atoms with Crippen LogP contribution in [-0.4, -0.2) is 11.8 Å². The first-order chi connectivity index (χ1) is 12.4. The molecule has 0 bridgehead atoms. The van der Waals surface area contributed by atoms with Crippen LogP contribution in [0.4, 0.5) is 20.2 Å². The van der Waals surface area contributed by atoms with Crippen molar-refractivity contribution in [2.45, 2.75) is 40.0 Å². The Morgan fingerprint density at radius 1 is 0.815 bits per heavy atom. The molecule has 0 aliphatic rings. The monoisotopic (exact) mass is 374 g/mol. The first-order valence-corrected chi connectivity index (χ1v) is 8.60. The molecule has 144 valence electrons. The van der Waals surface area contributed by atoms with Gasteiger partial charge in [-0.2, -0.15) is 0 Å². The summed E-state index contributed by atoms with van der Waals surface area (Å²) in [7, 11) is 0. The van der Waals surface area contributed by atoms with Gasteiger partial charge in [-0.3, -0.25) is 9.59 Å². The Kier molecular flexibility index (Phi) is 5.68. The van der Waals surface area contributed by atoms with E-state index in [0.717, 1.165) is 17.7 Å². The Hall–Kier alpha value is -2.76. The van der Waals surface area contributed by atoms with Crippen molar-refractivity contribution < 1.29 is 18.4 Å². The van der Waals surface area contributed by atoms with E-state index < -0.39 is 28.9 Å². The number of amides is 2. The van der Waals surface area contributed by atoms with E-state index in [4.69, 9.17) is 0 Å². The fourth-order valence-corrected chi connectivity index (χ4v) is 2.50. The summed E-state index contributed by atoms with van der Waals surface area (Å²) in [4.78, 5) is 25.3. The van der Waals surface area contributed by atoms with Crippen LogP contribution in [0.2, 0.25) is 0 Å². The van der Waals surface area contributed by atoms with E-state index in [2.05, 4.69) is 10.6 Å². The van der Waals surface area contributed by atoms with E-state index in [1.165, 1.54) is 13.8 Å². The van der Waals surface area contributed by atoms with E-state index in [0.29, 0.717) is 11.8 Å². The van der Waals surface area contributed by atoms with Gasteiger partial charge in [0, 0.05) is 11.8 Å². The van der Waals surface area contributed by atoms with Gasteiger partial charge < -0.3 is 10.6 Å². The standard InChI is InChI=1S/C21H24F2N2O2/c1-20(2,3)14-8-6-7-9-16(14)24-18(26)21(4,5)19(27)25-17-11-10-13(22)12-15(17)23/h6-12H,1-5H3,(H,24,26)(H,25,27). The van der Waals surface area contributed by atoms with E-state index in [1.807, 2.05) is 32.9 Å². The van der Waals surface area contributed by atoms with Crippen LogP contribution in [0.1, 0.15) is 40.2 Å². The van der Waals surface area contributed by atoms with Crippen LogP contribution < -0.4 is 10.6 Å². The molecular formula is C21H24F2N2O2. The Labute approximate surface area is 158 Å². The van der Waals surface area contributed by atoms with Crippen molar-refractivity contribution >= 4 is 23.2 Å². The highest BCUT2D eigenvalue weighted by Crippen LogP contribution is 2.31. The molecule has 0 spiro atoms. The second kappa shape index (κ2) is 7.47. The maximum absolute atomic E-state index is 13.8. The maximum atomic E-state index is 13.8. The van der Waals surface area contributed by atoms with Crippen LogP contribution in [-0.2, 0) is 15.0 Å². The number of carbonyl (C=O) groups is 2. The number of benzene rings is 2. The van der Waals surface area contributed by atoms with Gasteiger partial charge in [0.1, 0.15) is 17.0 Å². The van der Waals surface area contributed by atoms with Crippen LogP contribution in [0.25, 0.3) is 0 Å². The summed E-state index contributed by atoms with van der Waals surface area (Å²) in [5, 5.41) is 5.14. The minimum absolute atomic E-state index is 0.183. The highest BCUT2D eigenvalue weighted by atomic mass is 19.1. The Balaban J connectivity index is 2.21. The van der Waals surface area contributed by atoms with E-state index in [1.54, 1.807) is 12.1 Å². The number of para-hydroxylation sites is 1. The zero-order valence-corrected chi connectivity index (χ0v) is 16.1. The second-order valence-electron chi connectivity index (χ2n) is 7.95. The third kappa shape index (κ3) is 4.70. The van der Waals surface area contributed by atoms with Gasteiger partial charge in [-0.1, -0.05) is 39.0 Å². The molecule has 0 atom stereocenters. The molecule has 0 aromatic heterocycles. The summed E-state index contributed by atoms with van der Waals surface area (Å²) < 4.78 is 26.8. The molecule has 2 N–H and O–H groups in total. The Bertz CT molecular complexity index is 871. The SMILES string of the molecule is CC(C)(C(=O)Nc1ccc(F)cc1F)C(=O)Nc1ccccc1C(C)(C)C. The molecule has 0 saturated heterocycles. The normalized spacial score (nSPS) is 11.8. The highest BCUT2D eigenvalue weighted by molar-refractivity contribution is 6.14. The van der Waals surface area contributed by atoms with Crippen LogP contribution in [0.15, 0.2) is 42.5 Å². The molecule has 0 radical (unpaired) electrons. The summed E-state index contributed by atoms with van der Waals surface area (Å²) in [6, 6.07) is 10.2. The maximum Gasteiger partial charge on any atom is 0.239 e. The fourth-order valence-electron chi connectivity index (χ4n) is 2.50. The van der Waals surface area contributed by atoms with Crippen LogP contribution in [0.5, 0.6) is 0 Å². The number of nitrogens with one attached hydrogen (secondary N) is 2. The lowest BCUT2D eigenvalue weighted by molar-refractivity contribution is -0.135. The van der Waals surface area contributed by atoms with Crippen molar-refractivity contribution in [3.05, 3.63) is 59.7 Å². The molecule has 2 aromatic rings. The van der Waals surface area contributed by atoms with E-state index in [9.17, 15) is 18.4 Å². The van der Waals surface area contributed by atoms with Crippen molar-refractivity contribution in [3.63, 3.8) is 0 Å². The van der Waals surface area contributed by atoms with Gasteiger partial charge in [-0.25, -0.2) is 8.78 Å². The molecule has 4 nitrogen and oxygen atoms in total. The van der Waals surface area contributed by atoms with Crippen molar-refractivity contribution in [1.29, 1.82) is 0 Å². The molecule has 2 rings (SSSR count). The van der Waals surface area contributed by atoms with Crippen LogP contribution >= 0.6 is 0 Å². The molecule has 0 fully saturated rings. The van der Waals surface area contributed by atoms with Crippen molar-refractivity contribution in [3.8, 4) is 0 Å². The van der Waals surface area contributed by atoms with Crippen molar-refractivity contribution in [1.82, 2.24) is 0 Å². The summed E-state index contributed by atoms with van der Waals surface area (Å²) in [6.45, 7) is 8.95.